The number of hydrogen-bond donors (Lipinski definition) is 0. The van der Waals surface area contributed by atoms with Gasteiger partial charge in [0, 0.05) is 17.5 Å². The molecule has 2 heterocycles. The number of benzene rings is 4. The minimum absolute atomic E-state index is 0.0104. The minimum Gasteiger partial charge on any atom is -0.455 e. The van der Waals surface area contributed by atoms with Gasteiger partial charge in [0.05, 0.1) is 11.7 Å². The van der Waals surface area contributed by atoms with E-state index in [1.165, 1.54) is 11.1 Å². The van der Waals surface area contributed by atoms with Crippen LogP contribution in [0.4, 0.5) is 5.69 Å². The Morgan fingerprint density at radius 2 is 1.42 bits per heavy atom. The molecule has 2 atom stereocenters. The Morgan fingerprint density at radius 1 is 0.758 bits per heavy atom. The predicted octanol–water partition coefficient (Wildman–Crippen LogP) is 7.26. The minimum atomic E-state index is -0.915. The third-order valence-corrected chi connectivity index (χ3v) is 6.45. The van der Waals surface area contributed by atoms with E-state index in [1.54, 1.807) is 0 Å². The molecule has 4 aromatic rings. The summed E-state index contributed by atoms with van der Waals surface area (Å²) >= 11 is 0. The molecular formula is C30H25NO2. The van der Waals surface area contributed by atoms with Gasteiger partial charge in [-0.05, 0) is 36.3 Å². The highest BCUT2D eigenvalue weighted by molar-refractivity contribution is 5.81. The van der Waals surface area contributed by atoms with Crippen LogP contribution in [0.3, 0.4) is 0 Å². The lowest BCUT2D eigenvalue weighted by molar-refractivity contribution is -0.184. The number of hydroxylamine groups is 1. The highest BCUT2D eigenvalue weighted by Crippen LogP contribution is 2.53. The van der Waals surface area contributed by atoms with Gasteiger partial charge in [0.1, 0.15) is 5.76 Å². The first-order valence-electron chi connectivity index (χ1n) is 11.4. The van der Waals surface area contributed by atoms with Crippen molar-refractivity contribution in [2.24, 2.45) is 0 Å². The summed E-state index contributed by atoms with van der Waals surface area (Å²) in [5.41, 5.74) is 6.68. The van der Waals surface area contributed by atoms with Crippen LogP contribution in [0.5, 0.6) is 0 Å². The largest absolute Gasteiger partial charge is 0.455 e. The Hall–Kier alpha value is -3.82. The van der Waals surface area contributed by atoms with Gasteiger partial charge in [0.15, 0.2) is 0 Å². The zero-order chi connectivity index (χ0) is 22.3. The third kappa shape index (κ3) is 3.51. The topological polar surface area (TPSA) is 21.7 Å². The maximum atomic E-state index is 6.82. The quantitative estimate of drug-likeness (QED) is 0.341. The highest BCUT2D eigenvalue weighted by atomic mass is 16.8. The molecule has 0 aromatic heterocycles. The Labute approximate surface area is 194 Å². The Morgan fingerprint density at radius 3 is 2.18 bits per heavy atom. The fourth-order valence-corrected chi connectivity index (χ4v) is 4.78. The summed E-state index contributed by atoms with van der Waals surface area (Å²) in [7, 11) is 0. The summed E-state index contributed by atoms with van der Waals surface area (Å²) in [5, 5.41) is 2.02. The number of hydrogen-bond acceptors (Lipinski definition) is 3. The van der Waals surface area contributed by atoms with Crippen molar-refractivity contribution in [2.75, 3.05) is 5.06 Å². The lowest BCUT2D eigenvalue weighted by atomic mass is 9.89. The van der Waals surface area contributed by atoms with Gasteiger partial charge in [-0.3, -0.25) is 0 Å². The lowest BCUT2D eigenvalue weighted by Gasteiger charge is -2.35. The first kappa shape index (κ1) is 19.8. The molecule has 0 radical (unpaired) electrons. The van der Waals surface area contributed by atoms with Gasteiger partial charge < -0.3 is 4.74 Å². The number of aryl methyl sites for hydroxylation is 1. The molecule has 0 saturated carbocycles. The van der Waals surface area contributed by atoms with Gasteiger partial charge in [-0.15, -0.1) is 0 Å². The Balaban J connectivity index is 1.48. The maximum Gasteiger partial charge on any atom is 0.263 e. The first-order chi connectivity index (χ1) is 16.2. The maximum absolute atomic E-state index is 6.82. The fourth-order valence-electron chi connectivity index (χ4n) is 4.78. The van der Waals surface area contributed by atoms with Crippen molar-refractivity contribution in [1.29, 1.82) is 0 Å². The second kappa shape index (κ2) is 7.95. The monoisotopic (exact) mass is 431 g/mol. The summed E-state index contributed by atoms with van der Waals surface area (Å²) in [6.07, 6.45) is 2.79. The van der Waals surface area contributed by atoms with E-state index in [0.29, 0.717) is 6.42 Å². The number of nitrogens with zero attached hydrogens (tertiary/aromatic N) is 1. The van der Waals surface area contributed by atoms with Gasteiger partial charge in [-0.2, -0.15) is 0 Å². The van der Waals surface area contributed by atoms with Gasteiger partial charge in [-0.25, -0.2) is 9.90 Å². The van der Waals surface area contributed by atoms with Crippen molar-refractivity contribution < 1.29 is 9.57 Å². The second-order valence-electron chi connectivity index (χ2n) is 8.70. The molecule has 0 bridgehead atoms. The fraction of sp³-hybridized carbons (Fsp3) is 0.133. The van der Waals surface area contributed by atoms with Crippen LogP contribution in [-0.4, -0.2) is 0 Å². The molecular weight excluding hydrogens is 406 g/mol. The van der Waals surface area contributed by atoms with E-state index in [4.69, 9.17) is 9.57 Å². The normalized spacial score (nSPS) is 21.4. The zero-order valence-corrected chi connectivity index (χ0v) is 18.5. The molecule has 0 N–H and O–H groups in total. The molecule has 2 aliphatic rings. The van der Waals surface area contributed by atoms with Crippen LogP contribution >= 0.6 is 0 Å². The third-order valence-electron chi connectivity index (χ3n) is 6.45. The lowest BCUT2D eigenvalue weighted by Crippen LogP contribution is -2.33. The molecule has 4 aromatic carbocycles. The second-order valence-corrected chi connectivity index (χ2v) is 8.70. The summed E-state index contributed by atoms with van der Waals surface area (Å²) in [4.78, 5) is 6.82. The van der Waals surface area contributed by atoms with Gasteiger partial charge in [0.2, 0.25) is 0 Å². The summed E-state index contributed by atoms with van der Waals surface area (Å²) in [5.74, 6) is -0.0890. The molecule has 1 saturated heterocycles. The van der Waals surface area contributed by atoms with Crippen LogP contribution in [0.2, 0.25) is 0 Å². The molecule has 0 unspecified atom stereocenters. The van der Waals surface area contributed by atoms with E-state index < -0.39 is 5.79 Å². The van der Waals surface area contributed by atoms with Crippen molar-refractivity contribution in [3.05, 3.63) is 137 Å². The smallest absolute Gasteiger partial charge is 0.263 e. The van der Waals surface area contributed by atoms with Crippen LogP contribution in [-0.2, 0) is 15.4 Å². The van der Waals surface area contributed by atoms with Crippen molar-refractivity contribution in [3.63, 3.8) is 0 Å². The van der Waals surface area contributed by atoms with Crippen molar-refractivity contribution in [2.45, 2.75) is 25.2 Å². The highest BCUT2D eigenvalue weighted by Gasteiger charge is 2.52. The SMILES string of the molecule is Cc1ccc([C@H]2C[C@]3(OC(c4ccccc4)=Cc4ccccc43)ON2c2ccccc2)cc1. The first-order valence-corrected chi connectivity index (χ1v) is 11.4. The van der Waals surface area contributed by atoms with E-state index in [9.17, 15) is 0 Å². The molecule has 1 fully saturated rings. The number of anilines is 1. The van der Waals surface area contributed by atoms with E-state index in [2.05, 4.69) is 85.8 Å². The van der Waals surface area contributed by atoms with Crippen molar-refractivity contribution >= 4 is 17.5 Å². The molecule has 3 nitrogen and oxygen atoms in total. The van der Waals surface area contributed by atoms with Gasteiger partial charge in [-0.1, -0.05) is 103 Å². The molecule has 2 aliphatic heterocycles. The van der Waals surface area contributed by atoms with Gasteiger partial charge in [0.25, 0.3) is 5.79 Å². The van der Waals surface area contributed by atoms with Crippen LogP contribution in [0.15, 0.2) is 109 Å². The molecule has 33 heavy (non-hydrogen) atoms. The Bertz CT molecular complexity index is 1300. The molecule has 0 aliphatic carbocycles. The number of rotatable bonds is 3. The van der Waals surface area contributed by atoms with E-state index in [0.717, 1.165) is 28.1 Å². The molecule has 0 amide bonds. The molecule has 3 heteroatoms. The molecule has 1 spiro atoms. The standard InChI is InChI=1S/C30H25NO2/c1-22-16-18-23(19-17-22)28-21-30(33-31(28)26-13-6-3-7-14-26)27-15-9-8-12-25(27)20-29(32-30)24-10-4-2-5-11-24/h2-20,28H,21H2,1H3/t28-,30+/m1/s1. The van der Waals surface area contributed by atoms with E-state index in [-0.39, 0.29) is 6.04 Å². The zero-order valence-electron chi connectivity index (χ0n) is 18.5. The number of ether oxygens (including phenoxy) is 1. The predicted molar refractivity (Wildman–Crippen MR) is 132 cm³/mol. The Kier molecular flexibility index (Phi) is 4.78. The van der Waals surface area contributed by atoms with Gasteiger partial charge >= 0.3 is 0 Å². The summed E-state index contributed by atoms with van der Waals surface area (Å²) in [6, 6.07) is 37.6. The van der Waals surface area contributed by atoms with E-state index >= 15 is 0 Å². The molecule has 162 valence electrons. The van der Waals surface area contributed by atoms with Crippen LogP contribution < -0.4 is 5.06 Å². The summed E-state index contributed by atoms with van der Waals surface area (Å²) < 4.78 is 6.77. The van der Waals surface area contributed by atoms with Crippen LogP contribution in [0.25, 0.3) is 11.8 Å². The van der Waals surface area contributed by atoms with Crippen molar-refractivity contribution in [3.8, 4) is 0 Å². The summed E-state index contributed by atoms with van der Waals surface area (Å²) in [6.45, 7) is 2.11. The number of para-hydroxylation sites is 1. The number of fused-ring (bicyclic) bond motifs is 2. The van der Waals surface area contributed by atoms with Crippen LogP contribution in [0, 0.1) is 6.92 Å². The average Bonchev–Trinajstić information content (AvgIpc) is 3.25. The van der Waals surface area contributed by atoms with Crippen LogP contribution in [0.1, 0.15) is 40.3 Å². The molecule has 6 rings (SSSR count). The van der Waals surface area contributed by atoms with Crippen molar-refractivity contribution in [1.82, 2.24) is 0 Å². The van der Waals surface area contributed by atoms with E-state index in [1.807, 2.05) is 41.5 Å². The average molecular weight is 432 g/mol.